The second-order valence-electron chi connectivity index (χ2n) is 7.73. The van der Waals surface area contributed by atoms with Gasteiger partial charge in [-0.3, -0.25) is 0 Å². The molecule has 1 aliphatic rings. The molecule has 29 heavy (non-hydrogen) atoms. The fraction of sp³-hybridized carbons (Fsp3) is 0.429. The molecular formula is C21H28N2O4S2. The van der Waals surface area contributed by atoms with Crippen molar-refractivity contribution in [3.05, 3.63) is 70.8 Å². The van der Waals surface area contributed by atoms with Gasteiger partial charge in [0.15, 0.2) is 0 Å². The van der Waals surface area contributed by atoms with Crippen molar-refractivity contribution >= 4 is 20.0 Å². The van der Waals surface area contributed by atoms with E-state index in [0.29, 0.717) is 5.56 Å². The Morgan fingerprint density at radius 2 is 1.45 bits per heavy atom. The van der Waals surface area contributed by atoms with Crippen LogP contribution in [0.25, 0.3) is 0 Å². The Labute approximate surface area is 174 Å². The second-order valence-corrected chi connectivity index (χ2v) is 11.5. The zero-order valence-corrected chi connectivity index (χ0v) is 18.5. The van der Waals surface area contributed by atoms with Crippen molar-refractivity contribution in [2.45, 2.75) is 44.2 Å². The third-order valence-electron chi connectivity index (χ3n) is 4.84. The Balaban J connectivity index is 1.60. The van der Waals surface area contributed by atoms with E-state index in [9.17, 15) is 16.8 Å². The molecular weight excluding hydrogens is 408 g/mol. The first-order valence-corrected chi connectivity index (χ1v) is 13.0. The molecule has 8 heteroatoms. The van der Waals surface area contributed by atoms with Crippen LogP contribution in [0.1, 0.15) is 35.1 Å². The predicted octanol–water partition coefficient (Wildman–Crippen LogP) is 2.72. The summed E-state index contributed by atoms with van der Waals surface area (Å²) in [5.74, 6) is -0.185. The maximum absolute atomic E-state index is 12.9. The quantitative estimate of drug-likeness (QED) is 0.621. The Hall–Kier alpha value is -1.74. The van der Waals surface area contributed by atoms with E-state index in [-0.39, 0.29) is 30.6 Å². The van der Waals surface area contributed by atoms with Gasteiger partial charge < -0.3 is 0 Å². The summed E-state index contributed by atoms with van der Waals surface area (Å²) in [6.07, 6.45) is 1.65. The van der Waals surface area contributed by atoms with Gasteiger partial charge in [-0.25, -0.2) is 21.6 Å². The van der Waals surface area contributed by atoms with Crippen molar-refractivity contribution in [3.63, 3.8) is 0 Å². The molecule has 3 rings (SSSR count). The minimum Gasteiger partial charge on any atom is -0.214 e. The molecule has 0 saturated heterocycles. The summed E-state index contributed by atoms with van der Waals surface area (Å²) >= 11 is 0. The van der Waals surface area contributed by atoms with Gasteiger partial charge in [-0.2, -0.15) is 4.31 Å². The molecule has 0 heterocycles. The molecule has 1 N–H and O–H groups in total. The molecule has 0 spiro atoms. The number of hydrogen-bond donors (Lipinski definition) is 1. The summed E-state index contributed by atoms with van der Waals surface area (Å²) in [4.78, 5) is 0. The minimum absolute atomic E-state index is 0.0221. The van der Waals surface area contributed by atoms with Crippen molar-refractivity contribution in [1.29, 1.82) is 0 Å². The van der Waals surface area contributed by atoms with Crippen molar-refractivity contribution < 1.29 is 16.8 Å². The summed E-state index contributed by atoms with van der Waals surface area (Å²) < 4.78 is 54.6. The zero-order chi connectivity index (χ0) is 21.1. The van der Waals surface area contributed by atoms with Crippen molar-refractivity contribution in [2.75, 3.05) is 13.1 Å². The normalized spacial score (nSPS) is 15.0. The maximum atomic E-state index is 12.9. The van der Waals surface area contributed by atoms with Crippen LogP contribution in [0.5, 0.6) is 0 Å². The number of sulfonamides is 2. The molecule has 0 radical (unpaired) electrons. The lowest BCUT2D eigenvalue weighted by Crippen LogP contribution is -2.40. The van der Waals surface area contributed by atoms with Crippen LogP contribution in [0.2, 0.25) is 0 Å². The Kier molecular flexibility index (Phi) is 6.78. The molecule has 0 aliphatic heterocycles. The SMILES string of the molecule is Cc1cccc(CS(=O)(=O)NCCN(C2CC2)S(=O)(=O)Cc2cccc(C)c2)c1. The second kappa shape index (κ2) is 8.95. The van der Waals surface area contributed by atoms with E-state index < -0.39 is 20.0 Å². The van der Waals surface area contributed by atoms with Gasteiger partial charge in [0.05, 0.1) is 11.5 Å². The average Bonchev–Trinajstić information content (AvgIpc) is 3.42. The summed E-state index contributed by atoms with van der Waals surface area (Å²) in [5, 5.41) is 0. The third-order valence-corrected chi connectivity index (χ3v) is 8.09. The molecule has 2 aromatic carbocycles. The summed E-state index contributed by atoms with van der Waals surface area (Å²) in [5.41, 5.74) is 3.47. The zero-order valence-electron chi connectivity index (χ0n) is 16.8. The molecule has 1 aliphatic carbocycles. The number of hydrogen-bond acceptors (Lipinski definition) is 4. The highest BCUT2D eigenvalue weighted by Gasteiger charge is 2.37. The number of benzene rings is 2. The average molecular weight is 437 g/mol. The standard InChI is InChI=1S/C21H28N2O4S2/c1-17-5-3-7-19(13-17)15-28(24,25)22-11-12-23(21-9-10-21)29(26,27)16-20-8-4-6-18(2)14-20/h3-8,13-14,21-22H,9-12,15-16H2,1-2H3. The molecule has 0 amide bonds. The highest BCUT2D eigenvalue weighted by atomic mass is 32.2. The lowest BCUT2D eigenvalue weighted by atomic mass is 10.2. The minimum atomic E-state index is -3.53. The van der Waals surface area contributed by atoms with Gasteiger partial charge in [0.25, 0.3) is 0 Å². The van der Waals surface area contributed by atoms with Crippen LogP contribution in [-0.2, 0) is 31.6 Å². The first kappa shape index (κ1) is 22.0. The van der Waals surface area contributed by atoms with Crippen molar-refractivity contribution in [3.8, 4) is 0 Å². The highest BCUT2D eigenvalue weighted by molar-refractivity contribution is 7.88. The molecule has 158 valence electrons. The summed E-state index contributed by atoms with van der Waals surface area (Å²) in [6, 6.07) is 14.8. The topological polar surface area (TPSA) is 83.6 Å². The van der Waals surface area contributed by atoms with Gasteiger partial charge in [0.2, 0.25) is 20.0 Å². The van der Waals surface area contributed by atoms with Gasteiger partial charge in [0.1, 0.15) is 0 Å². The van der Waals surface area contributed by atoms with Gasteiger partial charge in [-0.15, -0.1) is 0 Å². The number of nitrogens with one attached hydrogen (secondary N) is 1. The first-order chi connectivity index (χ1) is 13.6. The number of rotatable bonds is 10. The lowest BCUT2D eigenvalue weighted by Gasteiger charge is -2.22. The third kappa shape index (κ3) is 6.64. The van der Waals surface area contributed by atoms with E-state index >= 15 is 0 Å². The molecule has 6 nitrogen and oxygen atoms in total. The Morgan fingerprint density at radius 3 is 1.97 bits per heavy atom. The van der Waals surface area contributed by atoms with Crippen LogP contribution in [-0.4, -0.2) is 40.3 Å². The van der Waals surface area contributed by atoms with Gasteiger partial charge in [0, 0.05) is 19.1 Å². The van der Waals surface area contributed by atoms with Crippen LogP contribution in [0, 0.1) is 13.8 Å². The fourth-order valence-corrected chi connectivity index (χ4v) is 6.31. The lowest BCUT2D eigenvalue weighted by molar-refractivity contribution is 0.405. The van der Waals surface area contributed by atoms with E-state index in [2.05, 4.69) is 4.72 Å². The highest BCUT2D eigenvalue weighted by Crippen LogP contribution is 2.30. The van der Waals surface area contributed by atoms with Gasteiger partial charge >= 0.3 is 0 Å². The van der Waals surface area contributed by atoms with E-state index in [1.165, 1.54) is 4.31 Å². The number of nitrogens with zero attached hydrogens (tertiary/aromatic N) is 1. The molecule has 1 fully saturated rings. The van der Waals surface area contributed by atoms with E-state index in [4.69, 9.17) is 0 Å². The van der Waals surface area contributed by atoms with E-state index in [1.807, 2.05) is 50.2 Å². The molecule has 2 aromatic rings. The van der Waals surface area contributed by atoms with E-state index in [0.717, 1.165) is 29.5 Å². The summed E-state index contributed by atoms with van der Waals surface area (Å²) in [6.45, 7) is 4.05. The first-order valence-electron chi connectivity index (χ1n) is 9.73. The Morgan fingerprint density at radius 1 is 0.897 bits per heavy atom. The van der Waals surface area contributed by atoms with Crippen molar-refractivity contribution in [1.82, 2.24) is 9.03 Å². The van der Waals surface area contributed by atoms with E-state index in [1.54, 1.807) is 12.1 Å². The van der Waals surface area contributed by atoms with Gasteiger partial charge in [-0.1, -0.05) is 59.7 Å². The predicted molar refractivity (Wildman–Crippen MR) is 115 cm³/mol. The molecule has 0 unspecified atom stereocenters. The largest absolute Gasteiger partial charge is 0.218 e. The molecule has 0 atom stereocenters. The molecule has 0 bridgehead atoms. The smallest absolute Gasteiger partial charge is 0.214 e. The maximum Gasteiger partial charge on any atom is 0.218 e. The van der Waals surface area contributed by atoms with Crippen molar-refractivity contribution in [2.24, 2.45) is 0 Å². The van der Waals surface area contributed by atoms with Crippen LogP contribution in [0.15, 0.2) is 48.5 Å². The molecule has 0 aromatic heterocycles. The Bertz CT molecular complexity index is 1060. The van der Waals surface area contributed by atoms with Crippen LogP contribution in [0.4, 0.5) is 0 Å². The summed E-state index contributed by atoms with van der Waals surface area (Å²) in [7, 11) is -7.05. The molecule has 1 saturated carbocycles. The monoisotopic (exact) mass is 436 g/mol. The fourth-order valence-electron chi connectivity index (χ4n) is 3.39. The van der Waals surface area contributed by atoms with Gasteiger partial charge in [-0.05, 0) is 37.8 Å². The van der Waals surface area contributed by atoms with Crippen LogP contribution in [0.3, 0.4) is 0 Å². The van der Waals surface area contributed by atoms with Crippen LogP contribution >= 0.6 is 0 Å². The van der Waals surface area contributed by atoms with Crippen LogP contribution < -0.4 is 4.72 Å². The number of aryl methyl sites for hydroxylation is 2.